The number of hydrogen-bond donors (Lipinski definition) is 0. The fourth-order valence-electron chi connectivity index (χ4n) is 2.75. The molecule has 1 atom stereocenters. The van der Waals surface area contributed by atoms with Crippen molar-refractivity contribution >= 4 is 0 Å². The number of nitrogens with zero attached hydrogens (tertiary/aromatic N) is 4. The summed E-state index contributed by atoms with van der Waals surface area (Å²) in [6.45, 7) is 4.84. The van der Waals surface area contributed by atoms with Crippen molar-refractivity contribution in [3.63, 3.8) is 0 Å². The minimum Gasteiger partial charge on any atom is -0.381 e. The van der Waals surface area contributed by atoms with Gasteiger partial charge in [0.15, 0.2) is 5.82 Å². The molecule has 0 amide bonds. The first kappa shape index (κ1) is 13.4. The number of aryl methyl sites for hydroxylation is 3. The smallest absolute Gasteiger partial charge is 0.160 e. The predicted molar refractivity (Wildman–Crippen MR) is 77.3 cm³/mol. The van der Waals surface area contributed by atoms with Gasteiger partial charge in [-0.1, -0.05) is 0 Å². The number of rotatable bonds is 4. The summed E-state index contributed by atoms with van der Waals surface area (Å²) < 4.78 is 9.78. The summed E-state index contributed by atoms with van der Waals surface area (Å²) in [5, 5.41) is 0. The van der Waals surface area contributed by atoms with Crippen LogP contribution in [0.4, 0.5) is 0 Å². The largest absolute Gasteiger partial charge is 0.381 e. The molecule has 0 aliphatic carbocycles. The van der Waals surface area contributed by atoms with Crippen LogP contribution in [0.25, 0.3) is 11.5 Å². The van der Waals surface area contributed by atoms with Gasteiger partial charge in [-0.25, -0.2) is 9.97 Å². The molecule has 5 nitrogen and oxygen atoms in total. The van der Waals surface area contributed by atoms with Gasteiger partial charge in [0.05, 0.1) is 0 Å². The molecule has 5 heteroatoms. The Morgan fingerprint density at radius 2 is 2.35 bits per heavy atom. The summed E-state index contributed by atoms with van der Waals surface area (Å²) >= 11 is 0. The van der Waals surface area contributed by atoms with Gasteiger partial charge in [-0.15, -0.1) is 0 Å². The van der Waals surface area contributed by atoms with Crippen LogP contribution in [0, 0.1) is 12.8 Å². The third-order valence-electron chi connectivity index (χ3n) is 4.09. The van der Waals surface area contributed by atoms with Crippen molar-refractivity contribution in [2.24, 2.45) is 13.0 Å². The van der Waals surface area contributed by atoms with Gasteiger partial charge < -0.3 is 13.9 Å². The predicted octanol–water partition coefficient (Wildman–Crippen LogP) is 2.41. The number of hydrogen-bond acceptors (Lipinski definition) is 3. The molecule has 1 unspecified atom stereocenters. The maximum Gasteiger partial charge on any atom is 0.160 e. The van der Waals surface area contributed by atoms with Crippen LogP contribution in [0.3, 0.4) is 0 Å². The molecule has 3 rings (SSSR count). The van der Waals surface area contributed by atoms with E-state index in [-0.39, 0.29) is 0 Å². The van der Waals surface area contributed by atoms with E-state index in [0.29, 0.717) is 5.92 Å². The molecule has 2 aromatic rings. The third-order valence-corrected chi connectivity index (χ3v) is 4.09. The van der Waals surface area contributed by atoms with Crippen LogP contribution in [0.5, 0.6) is 0 Å². The lowest BCUT2D eigenvalue weighted by atomic mass is 9.99. The fourth-order valence-corrected chi connectivity index (χ4v) is 2.75. The molecule has 0 radical (unpaired) electrons. The van der Waals surface area contributed by atoms with Crippen molar-refractivity contribution < 1.29 is 4.74 Å². The quantitative estimate of drug-likeness (QED) is 0.860. The van der Waals surface area contributed by atoms with Crippen LogP contribution in [-0.4, -0.2) is 32.3 Å². The molecule has 20 heavy (non-hydrogen) atoms. The minimum absolute atomic E-state index is 0.685. The second kappa shape index (κ2) is 5.79. The lowest BCUT2D eigenvalue weighted by molar-refractivity contribution is 0.0501. The Labute approximate surface area is 119 Å². The second-order valence-electron chi connectivity index (χ2n) is 5.60. The molecule has 108 valence electrons. The Bertz CT molecular complexity index is 547. The zero-order valence-corrected chi connectivity index (χ0v) is 12.2. The van der Waals surface area contributed by atoms with E-state index in [0.717, 1.165) is 43.5 Å². The highest BCUT2D eigenvalue weighted by Gasteiger charge is 2.15. The molecule has 0 spiro atoms. The van der Waals surface area contributed by atoms with Crippen LogP contribution in [0.2, 0.25) is 0 Å². The van der Waals surface area contributed by atoms with Gasteiger partial charge in [0.1, 0.15) is 11.5 Å². The summed E-state index contributed by atoms with van der Waals surface area (Å²) in [5.41, 5.74) is 0.954. The van der Waals surface area contributed by atoms with E-state index in [1.807, 2.05) is 37.1 Å². The van der Waals surface area contributed by atoms with E-state index in [1.165, 1.54) is 12.8 Å². The van der Waals surface area contributed by atoms with Gasteiger partial charge in [0, 0.05) is 45.4 Å². The molecule has 0 N–H and O–H groups in total. The molecule has 0 bridgehead atoms. The third kappa shape index (κ3) is 2.77. The number of aromatic nitrogens is 4. The van der Waals surface area contributed by atoms with Crippen LogP contribution >= 0.6 is 0 Å². The molecule has 3 heterocycles. The highest BCUT2D eigenvalue weighted by atomic mass is 16.5. The van der Waals surface area contributed by atoms with Crippen LogP contribution < -0.4 is 0 Å². The Morgan fingerprint density at radius 3 is 3.05 bits per heavy atom. The van der Waals surface area contributed by atoms with E-state index >= 15 is 0 Å². The summed E-state index contributed by atoms with van der Waals surface area (Å²) in [6.07, 6.45) is 9.57. The van der Waals surface area contributed by atoms with Gasteiger partial charge in [0.25, 0.3) is 0 Å². The molecule has 2 aromatic heterocycles. The maximum absolute atomic E-state index is 5.55. The van der Waals surface area contributed by atoms with E-state index in [1.54, 1.807) is 0 Å². The summed E-state index contributed by atoms with van der Waals surface area (Å²) in [6, 6.07) is 0. The SMILES string of the molecule is Cc1nc(-c2nccn2CCC2CCCOC2)cn1C. The van der Waals surface area contributed by atoms with Crippen molar-refractivity contribution in [2.75, 3.05) is 13.2 Å². The molecular weight excluding hydrogens is 252 g/mol. The van der Waals surface area contributed by atoms with Crippen LogP contribution in [0.15, 0.2) is 18.6 Å². The Hall–Kier alpha value is -1.62. The minimum atomic E-state index is 0.685. The van der Waals surface area contributed by atoms with Gasteiger partial charge in [0.2, 0.25) is 0 Å². The Morgan fingerprint density at radius 1 is 1.45 bits per heavy atom. The first-order chi connectivity index (χ1) is 9.74. The highest BCUT2D eigenvalue weighted by molar-refractivity contribution is 5.49. The summed E-state index contributed by atoms with van der Waals surface area (Å²) in [7, 11) is 2.01. The number of ether oxygens (including phenoxy) is 1. The monoisotopic (exact) mass is 274 g/mol. The standard InChI is InChI=1S/C15H22N4O/c1-12-17-14(10-18(12)2)15-16-6-8-19(15)7-5-13-4-3-9-20-11-13/h6,8,10,13H,3-5,7,9,11H2,1-2H3. The van der Waals surface area contributed by atoms with Gasteiger partial charge >= 0.3 is 0 Å². The zero-order valence-electron chi connectivity index (χ0n) is 12.2. The van der Waals surface area contributed by atoms with Crippen molar-refractivity contribution in [1.29, 1.82) is 0 Å². The van der Waals surface area contributed by atoms with E-state index in [9.17, 15) is 0 Å². The zero-order chi connectivity index (χ0) is 13.9. The van der Waals surface area contributed by atoms with E-state index in [4.69, 9.17) is 4.74 Å². The first-order valence-corrected chi connectivity index (χ1v) is 7.33. The Kier molecular flexibility index (Phi) is 3.87. The summed E-state index contributed by atoms with van der Waals surface area (Å²) in [5.74, 6) is 2.66. The second-order valence-corrected chi connectivity index (χ2v) is 5.60. The molecule has 1 saturated heterocycles. The molecule has 0 saturated carbocycles. The maximum atomic E-state index is 5.55. The van der Waals surface area contributed by atoms with Crippen LogP contribution in [0.1, 0.15) is 25.1 Å². The van der Waals surface area contributed by atoms with Crippen molar-refractivity contribution in [3.8, 4) is 11.5 Å². The molecule has 1 fully saturated rings. The molecular formula is C15H22N4O. The van der Waals surface area contributed by atoms with Crippen LogP contribution in [-0.2, 0) is 18.3 Å². The van der Waals surface area contributed by atoms with Gasteiger partial charge in [-0.05, 0) is 32.1 Å². The average molecular weight is 274 g/mol. The van der Waals surface area contributed by atoms with Crippen molar-refractivity contribution in [3.05, 3.63) is 24.4 Å². The fraction of sp³-hybridized carbons (Fsp3) is 0.600. The van der Waals surface area contributed by atoms with E-state index in [2.05, 4.69) is 14.5 Å². The van der Waals surface area contributed by atoms with Crippen molar-refractivity contribution in [2.45, 2.75) is 32.7 Å². The highest BCUT2D eigenvalue weighted by Crippen LogP contribution is 2.21. The summed E-state index contributed by atoms with van der Waals surface area (Å²) in [4.78, 5) is 9.02. The lowest BCUT2D eigenvalue weighted by Gasteiger charge is -2.22. The normalized spacial score (nSPS) is 19.4. The lowest BCUT2D eigenvalue weighted by Crippen LogP contribution is -2.19. The molecule has 0 aromatic carbocycles. The van der Waals surface area contributed by atoms with Gasteiger partial charge in [-0.2, -0.15) is 0 Å². The number of imidazole rings is 2. The first-order valence-electron chi connectivity index (χ1n) is 7.33. The van der Waals surface area contributed by atoms with Gasteiger partial charge in [-0.3, -0.25) is 0 Å². The molecule has 1 aliphatic rings. The molecule has 1 aliphatic heterocycles. The topological polar surface area (TPSA) is 44.9 Å². The Balaban J connectivity index is 1.70. The van der Waals surface area contributed by atoms with Crippen molar-refractivity contribution in [1.82, 2.24) is 19.1 Å². The average Bonchev–Trinajstić information content (AvgIpc) is 3.05. The van der Waals surface area contributed by atoms with E-state index < -0.39 is 0 Å².